The van der Waals surface area contributed by atoms with Gasteiger partial charge in [0.1, 0.15) is 6.04 Å². The molecule has 0 saturated carbocycles. The second-order valence-corrected chi connectivity index (χ2v) is 5.74. The predicted octanol–water partition coefficient (Wildman–Crippen LogP) is 3.06. The minimum Gasteiger partial charge on any atom is -0.480 e. The van der Waals surface area contributed by atoms with Crippen LogP contribution in [0.4, 0.5) is 0 Å². The Balaban J connectivity index is 3.71. The van der Waals surface area contributed by atoms with Gasteiger partial charge in [0.15, 0.2) is 0 Å². The van der Waals surface area contributed by atoms with Gasteiger partial charge in [0.2, 0.25) is 5.91 Å². The van der Waals surface area contributed by atoms with Gasteiger partial charge in [0, 0.05) is 6.42 Å². The Hall–Kier alpha value is -0.710. The molecule has 112 valence electrons. The lowest BCUT2D eigenvalue weighted by molar-refractivity contribution is -0.141. The maximum atomic E-state index is 11.6. The molecule has 0 aliphatic carbocycles. The first-order valence-electron chi connectivity index (χ1n) is 7.13. The Labute approximate surface area is 120 Å². The van der Waals surface area contributed by atoms with Crippen molar-refractivity contribution in [3.63, 3.8) is 0 Å². The minimum atomic E-state index is -0.939. The summed E-state index contributed by atoms with van der Waals surface area (Å²) in [7, 11) is 0. The van der Waals surface area contributed by atoms with Gasteiger partial charge >= 0.3 is 5.97 Å². The van der Waals surface area contributed by atoms with E-state index in [0.717, 1.165) is 25.0 Å². The van der Waals surface area contributed by atoms with Crippen LogP contribution in [0.1, 0.15) is 58.3 Å². The maximum absolute atomic E-state index is 11.6. The van der Waals surface area contributed by atoms with E-state index in [9.17, 15) is 9.59 Å². The molecule has 0 rings (SSSR count). The van der Waals surface area contributed by atoms with E-state index in [0.29, 0.717) is 12.8 Å². The van der Waals surface area contributed by atoms with Gasteiger partial charge < -0.3 is 10.4 Å². The van der Waals surface area contributed by atoms with Gasteiger partial charge in [-0.3, -0.25) is 4.79 Å². The molecule has 0 heterocycles. The topological polar surface area (TPSA) is 66.4 Å². The zero-order valence-corrected chi connectivity index (χ0v) is 12.9. The average molecular weight is 289 g/mol. The highest BCUT2D eigenvalue weighted by atomic mass is 32.2. The molecule has 0 saturated heterocycles. The molecule has 4 nitrogen and oxygen atoms in total. The van der Waals surface area contributed by atoms with Crippen LogP contribution in [-0.2, 0) is 9.59 Å². The fourth-order valence-corrected chi connectivity index (χ4v) is 2.30. The number of carboxylic acids is 1. The number of carbonyl (C=O) groups is 2. The number of hydrogen-bond acceptors (Lipinski definition) is 3. The summed E-state index contributed by atoms with van der Waals surface area (Å²) in [6.45, 7) is 2.17. The smallest absolute Gasteiger partial charge is 0.326 e. The van der Waals surface area contributed by atoms with Crippen LogP contribution in [0.5, 0.6) is 0 Å². The van der Waals surface area contributed by atoms with Crippen LogP contribution in [0.15, 0.2) is 0 Å². The van der Waals surface area contributed by atoms with E-state index in [-0.39, 0.29) is 5.91 Å². The van der Waals surface area contributed by atoms with Crippen molar-refractivity contribution in [1.82, 2.24) is 5.32 Å². The van der Waals surface area contributed by atoms with E-state index in [4.69, 9.17) is 5.11 Å². The monoisotopic (exact) mass is 289 g/mol. The molecule has 0 aromatic heterocycles. The third kappa shape index (κ3) is 10.9. The molecule has 1 amide bonds. The summed E-state index contributed by atoms with van der Waals surface area (Å²) < 4.78 is 0. The number of unbranched alkanes of at least 4 members (excludes halogenated alkanes) is 5. The normalized spacial score (nSPS) is 12.1. The highest BCUT2D eigenvalue weighted by Crippen LogP contribution is 2.07. The van der Waals surface area contributed by atoms with Crippen molar-refractivity contribution in [3.8, 4) is 0 Å². The van der Waals surface area contributed by atoms with E-state index in [1.165, 1.54) is 19.3 Å². The van der Waals surface area contributed by atoms with Crippen LogP contribution in [0.25, 0.3) is 0 Å². The van der Waals surface area contributed by atoms with Gasteiger partial charge in [-0.15, -0.1) is 0 Å². The second-order valence-electron chi connectivity index (χ2n) is 4.76. The van der Waals surface area contributed by atoms with Crippen molar-refractivity contribution < 1.29 is 14.7 Å². The molecule has 0 fully saturated rings. The van der Waals surface area contributed by atoms with Crippen molar-refractivity contribution in [2.45, 2.75) is 64.3 Å². The maximum Gasteiger partial charge on any atom is 0.326 e. The summed E-state index contributed by atoms with van der Waals surface area (Å²) in [6, 6.07) is -0.736. The Morgan fingerprint density at radius 1 is 1.16 bits per heavy atom. The number of hydrogen-bond donors (Lipinski definition) is 2. The number of amides is 1. The molecule has 0 spiro atoms. The lowest BCUT2D eigenvalue weighted by Gasteiger charge is -2.13. The molecule has 1 atom stereocenters. The summed E-state index contributed by atoms with van der Waals surface area (Å²) in [5.74, 6) is -0.330. The zero-order chi connectivity index (χ0) is 14.5. The zero-order valence-electron chi connectivity index (χ0n) is 12.1. The van der Waals surface area contributed by atoms with Gasteiger partial charge in [-0.1, -0.05) is 39.0 Å². The molecule has 0 aromatic rings. The molecule has 0 aromatic carbocycles. The molecule has 5 heteroatoms. The molecular formula is C14H27NO3S. The van der Waals surface area contributed by atoms with Crippen LogP contribution in [0.2, 0.25) is 0 Å². The van der Waals surface area contributed by atoms with Crippen LogP contribution < -0.4 is 5.32 Å². The number of thioether (sulfide) groups is 1. The predicted molar refractivity (Wildman–Crippen MR) is 80.6 cm³/mol. The van der Waals surface area contributed by atoms with Crippen LogP contribution in [0, 0.1) is 0 Å². The summed E-state index contributed by atoms with van der Waals surface area (Å²) in [5.41, 5.74) is 0. The van der Waals surface area contributed by atoms with E-state index in [1.54, 1.807) is 11.8 Å². The summed E-state index contributed by atoms with van der Waals surface area (Å²) >= 11 is 1.59. The Morgan fingerprint density at radius 3 is 2.37 bits per heavy atom. The average Bonchev–Trinajstić information content (AvgIpc) is 2.38. The van der Waals surface area contributed by atoms with Gasteiger partial charge in [-0.25, -0.2) is 4.79 Å². The van der Waals surface area contributed by atoms with Crippen molar-refractivity contribution in [3.05, 3.63) is 0 Å². The number of nitrogens with one attached hydrogen (secondary N) is 1. The molecule has 0 aliphatic rings. The molecular weight excluding hydrogens is 262 g/mol. The first-order chi connectivity index (χ1) is 9.11. The highest BCUT2D eigenvalue weighted by molar-refractivity contribution is 7.98. The summed E-state index contributed by atoms with van der Waals surface area (Å²) in [4.78, 5) is 22.6. The Kier molecular flexibility index (Phi) is 11.9. The quantitative estimate of drug-likeness (QED) is 0.542. The lowest BCUT2D eigenvalue weighted by atomic mass is 10.1. The van der Waals surface area contributed by atoms with Crippen molar-refractivity contribution in [2.75, 3.05) is 12.0 Å². The Bertz CT molecular complexity index is 259. The van der Waals surface area contributed by atoms with Gasteiger partial charge in [-0.2, -0.15) is 11.8 Å². The fraction of sp³-hybridized carbons (Fsp3) is 0.857. The minimum absolute atomic E-state index is 0.135. The molecule has 2 N–H and O–H groups in total. The highest BCUT2D eigenvalue weighted by Gasteiger charge is 2.18. The van der Waals surface area contributed by atoms with Crippen molar-refractivity contribution in [1.29, 1.82) is 0 Å². The van der Waals surface area contributed by atoms with Crippen molar-refractivity contribution in [2.24, 2.45) is 0 Å². The fourth-order valence-electron chi connectivity index (χ4n) is 1.83. The molecule has 19 heavy (non-hydrogen) atoms. The first kappa shape index (κ1) is 18.3. The van der Waals surface area contributed by atoms with Crippen LogP contribution in [0.3, 0.4) is 0 Å². The first-order valence-corrected chi connectivity index (χ1v) is 8.52. The third-order valence-corrected chi connectivity index (χ3v) is 3.65. The van der Waals surface area contributed by atoms with Gasteiger partial charge in [0.25, 0.3) is 0 Å². The summed E-state index contributed by atoms with van der Waals surface area (Å²) in [6.07, 6.45) is 9.61. The van der Waals surface area contributed by atoms with E-state index < -0.39 is 12.0 Å². The molecule has 0 radical (unpaired) electrons. The van der Waals surface area contributed by atoms with Gasteiger partial charge in [-0.05, 0) is 24.9 Å². The molecule has 0 aliphatic heterocycles. The van der Waals surface area contributed by atoms with Gasteiger partial charge in [0.05, 0.1) is 0 Å². The molecule has 0 unspecified atom stereocenters. The van der Waals surface area contributed by atoms with Crippen LogP contribution in [-0.4, -0.2) is 35.0 Å². The van der Waals surface area contributed by atoms with E-state index >= 15 is 0 Å². The third-order valence-electron chi connectivity index (χ3n) is 3.00. The Morgan fingerprint density at radius 2 is 1.79 bits per heavy atom. The number of rotatable bonds is 12. The van der Waals surface area contributed by atoms with E-state index in [2.05, 4.69) is 12.2 Å². The van der Waals surface area contributed by atoms with Crippen molar-refractivity contribution >= 4 is 23.6 Å². The second kappa shape index (κ2) is 12.3. The lowest BCUT2D eigenvalue weighted by Crippen LogP contribution is -2.41. The molecule has 0 bridgehead atoms. The number of carbonyl (C=O) groups excluding carboxylic acids is 1. The number of aliphatic carboxylic acids is 1. The summed E-state index contributed by atoms with van der Waals surface area (Å²) in [5, 5.41) is 11.6. The standard InChI is InChI=1S/C14H27NO3S/c1-3-4-5-6-7-8-9-13(16)15-12(14(17)18)10-11-19-2/h12H,3-11H2,1-2H3,(H,15,16)(H,17,18)/t12-/m0/s1. The number of carboxylic acid groups (broad SMARTS) is 1. The largest absolute Gasteiger partial charge is 0.480 e. The SMILES string of the molecule is CCCCCCCCC(=O)N[C@@H](CCSC)C(=O)O. The van der Waals surface area contributed by atoms with E-state index in [1.807, 2.05) is 6.26 Å². The van der Waals surface area contributed by atoms with Crippen LogP contribution >= 0.6 is 11.8 Å².